The van der Waals surface area contributed by atoms with Crippen molar-refractivity contribution in [3.8, 4) is 0 Å². The number of nitrogens with zero attached hydrogens (tertiary/aromatic N) is 1. The van der Waals surface area contributed by atoms with E-state index in [-0.39, 0.29) is 24.5 Å². The fraction of sp³-hybridized carbons (Fsp3) is 0.938. The molecule has 2 aliphatic rings. The third-order valence-electron chi connectivity index (χ3n) is 5.05. The highest BCUT2D eigenvalue weighted by Crippen LogP contribution is 2.31. The molecule has 0 radical (unpaired) electrons. The van der Waals surface area contributed by atoms with E-state index in [2.05, 4.69) is 13.8 Å². The first-order valence-corrected chi connectivity index (χ1v) is 8.09. The quantitative estimate of drug-likeness (QED) is 0.853. The van der Waals surface area contributed by atoms with Gasteiger partial charge in [0.05, 0.1) is 24.2 Å². The number of methoxy groups -OCH3 is 1. The van der Waals surface area contributed by atoms with Crippen molar-refractivity contribution < 1.29 is 19.4 Å². The Labute approximate surface area is 127 Å². The van der Waals surface area contributed by atoms with Crippen LogP contribution in [0, 0.1) is 11.8 Å². The van der Waals surface area contributed by atoms with Crippen molar-refractivity contribution in [3.63, 3.8) is 0 Å². The molecule has 0 saturated carbocycles. The van der Waals surface area contributed by atoms with Crippen LogP contribution in [0.1, 0.15) is 39.5 Å². The van der Waals surface area contributed by atoms with E-state index in [1.54, 1.807) is 7.11 Å². The van der Waals surface area contributed by atoms with Gasteiger partial charge in [-0.3, -0.25) is 4.79 Å². The Bertz CT molecular complexity index is 344. The standard InChI is InChI=1S/C16H29NO4/c1-12(2)14-13(5-4-10-21-14)15(19)17-8-6-16(11-18,20-3)7-9-17/h12-14,18H,4-11H2,1-3H3/t13-,14+/m1/s1. The molecule has 21 heavy (non-hydrogen) atoms. The predicted octanol–water partition coefficient (Wildman–Crippen LogP) is 1.44. The number of likely N-dealkylation sites (tertiary alicyclic amines) is 1. The summed E-state index contributed by atoms with van der Waals surface area (Å²) in [4.78, 5) is 14.7. The fourth-order valence-corrected chi connectivity index (χ4v) is 3.52. The number of amides is 1. The predicted molar refractivity (Wildman–Crippen MR) is 79.9 cm³/mol. The van der Waals surface area contributed by atoms with Gasteiger partial charge in [-0.05, 0) is 31.6 Å². The molecule has 0 bridgehead atoms. The van der Waals surface area contributed by atoms with Gasteiger partial charge < -0.3 is 19.5 Å². The van der Waals surface area contributed by atoms with E-state index >= 15 is 0 Å². The SMILES string of the molecule is COC1(CO)CCN(C(=O)[C@@H]2CCCO[C@H]2C(C)C)CC1. The summed E-state index contributed by atoms with van der Waals surface area (Å²) in [6.45, 7) is 6.35. The number of rotatable bonds is 4. The molecule has 5 nitrogen and oxygen atoms in total. The summed E-state index contributed by atoms with van der Waals surface area (Å²) in [5.41, 5.74) is -0.461. The van der Waals surface area contributed by atoms with Gasteiger partial charge in [-0.15, -0.1) is 0 Å². The summed E-state index contributed by atoms with van der Waals surface area (Å²) in [6, 6.07) is 0. The molecule has 122 valence electrons. The molecule has 0 unspecified atom stereocenters. The number of carbonyl (C=O) groups is 1. The van der Waals surface area contributed by atoms with E-state index in [0.29, 0.717) is 31.8 Å². The van der Waals surface area contributed by atoms with Gasteiger partial charge in [0, 0.05) is 26.8 Å². The van der Waals surface area contributed by atoms with E-state index in [9.17, 15) is 9.90 Å². The molecule has 0 aromatic carbocycles. The molecule has 0 spiro atoms. The fourth-order valence-electron chi connectivity index (χ4n) is 3.52. The number of hydrogen-bond acceptors (Lipinski definition) is 4. The summed E-state index contributed by atoms with van der Waals surface area (Å²) in [5.74, 6) is 0.568. The minimum Gasteiger partial charge on any atom is -0.393 e. The molecule has 1 N–H and O–H groups in total. The second-order valence-corrected chi connectivity index (χ2v) is 6.70. The number of piperidine rings is 1. The monoisotopic (exact) mass is 299 g/mol. The van der Waals surface area contributed by atoms with Gasteiger partial charge in [0.25, 0.3) is 0 Å². The largest absolute Gasteiger partial charge is 0.393 e. The summed E-state index contributed by atoms with van der Waals surface area (Å²) < 4.78 is 11.3. The molecule has 0 aromatic rings. The van der Waals surface area contributed by atoms with Crippen molar-refractivity contribution in [1.29, 1.82) is 0 Å². The minimum atomic E-state index is -0.461. The first kappa shape index (κ1) is 16.7. The normalized spacial score (nSPS) is 29.7. The minimum absolute atomic E-state index is 0.0112. The lowest BCUT2D eigenvalue weighted by atomic mass is 9.85. The Balaban J connectivity index is 1.97. The second kappa shape index (κ2) is 7.07. The Hall–Kier alpha value is -0.650. The van der Waals surface area contributed by atoms with Crippen LogP contribution < -0.4 is 0 Å². The van der Waals surface area contributed by atoms with Crippen molar-refractivity contribution in [1.82, 2.24) is 4.90 Å². The van der Waals surface area contributed by atoms with Gasteiger partial charge in [-0.1, -0.05) is 13.8 Å². The number of aliphatic hydroxyl groups is 1. The van der Waals surface area contributed by atoms with Gasteiger partial charge in [0.15, 0.2) is 0 Å². The van der Waals surface area contributed by atoms with E-state index in [1.807, 2.05) is 4.90 Å². The van der Waals surface area contributed by atoms with Crippen LogP contribution in [-0.4, -0.2) is 61.0 Å². The van der Waals surface area contributed by atoms with Crippen LogP contribution in [0.15, 0.2) is 0 Å². The Morgan fingerprint density at radius 2 is 2.10 bits per heavy atom. The molecule has 5 heteroatoms. The van der Waals surface area contributed by atoms with E-state index < -0.39 is 5.60 Å². The number of carbonyl (C=O) groups excluding carboxylic acids is 1. The first-order valence-electron chi connectivity index (χ1n) is 8.09. The first-order chi connectivity index (χ1) is 10.0. The Morgan fingerprint density at radius 3 is 2.62 bits per heavy atom. The van der Waals surface area contributed by atoms with E-state index in [4.69, 9.17) is 9.47 Å². The highest BCUT2D eigenvalue weighted by molar-refractivity contribution is 5.79. The molecule has 2 heterocycles. The van der Waals surface area contributed by atoms with Crippen molar-refractivity contribution in [2.45, 2.75) is 51.2 Å². The number of aliphatic hydroxyl groups excluding tert-OH is 1. The highest BCUT2D eigenvalue weighted by atomic mass is 16.5. The lowest BCUT2D eigenvalue weighted by Gasteiger charge is -2.42. The summed E-state index contributed by atoms with van der Waals surface area (Å²) in [5, 5.41) is 9.48. The topological polar surface area (TPSA) is 59.0 Å². The molecule has 2 rings (SSSR count). The maximum absolute atomic E-state index is 12.8. The zero-order chi connectivity index (χ0) is 15.5. The van der Waals surface area contributed by atoms with Gasteiger partial charge in [0.1, 0.15) is 0 Å². The van der Waals surface area contributed by atoms with Gasteiger partial charge in [-0.2, -0.15) is 0 Å². The molecule has 2 aliphatic heterocycles. The van der Waals surface area contributed by atoms with E-state index in [1.165, 1.54) is 0 Å². The van der Waals surface area contributed by atoms with E-state index in [0.717, 1.165) is 19.4 Å². The average Bonchev–Trinajstić information content (AvgIpc) is 2.54. The third-order valence-corrected chi connectivity index (χ3v) is 5.05. The third kappa shape index (κ3) is 3.58. The van der Waals surface area contributed by atoms with Crippen LogP contribution in [0.5, 0.6) is 0 Å². The van der Waals surface area contributed by atoms with Crippen molar-refractivity contribution in [3.05, 3.63) is 0 Å². The molecule has 2 saturated heterocycles. The van der Waals surface area contributed by atoms with Gasteiger partial charge in [-0.25, -0.2) is 0 Å². The Kier molecular flexibility index (Phi) is 5.63. The average molecular weight is 299 g/mol. The van der Waals surface area contributed by atoms with Crippen LogP contribution in [0.2, 0.25) is 0 Å². The lowest BCUT2D eigenvalue weighted by molar-refractivity contribution is -0.154. The molecular weight excluding hydrogens is 270 g/mol. The second-order valence-electron chi connectivity index (χ2n) is 6.70. The molecule has 0 aliphatic carbocycles. The maximum atomic E-state index is 12.8. The van der Waals surface area contributed by atoms with Crippen molar-refractivity contribution in [2.75, 3.05) is 33.4 Å². The van der Waals surface area contributed by atoms with Crippen LogP contribution in [0.25, 0.3) is 0 Å². The highest BCUT2D eigenvalue weighted by Gasteiger charge is 2.40. The van der Waals surface area contributed by atoms with Crippen LogP contribution in [-0.2, 0) is 14.3 Å². The number of ether oxygens (including phenoxy) is 2. The van der Waals surface area contributed by atoms with Crippen LogP contribution in [0.3, 0.4) is 0 Å². The molecule has 1 amide bonds. The maximum Gasteiger partial charge on any atom is 0.228 e. The molecule has 2 atom stereocenters. The summed E-state index contributed by atoms with van der Waals surface area (Å²) >= 11 is 0. The molecule has 2 fully saturated rings. The smallest absolute Gasteiger partial charge is 0.228 e. The van der Waals surface area contributed by atoms with Crippen molar-refractivity contribution >= 4 is 5.91 Å². The van der Waals surface area contributed by atoms with Crippen molar-refractivity contribution in [2.24, 2.45) is 11.8 Å². The molecule has 0 aromatic heterocycles. The van der Waals surface area contributed by atoms with Gasteiger partial charge in [0.2, 0.25) is 5.91 Å². The lowest BCUT2D eigenvalue weighted by Crippen LogP contribution is -2.53. The summed E-state index contributed by atoms with van der Waals surface area (Å²) in [6.07, 6.45) is 3.33. The van der Waals surface area contributed by atoms with Crippen LogP contribution in [0.4, 0.5) is 0 Å². The van der Waals surface area contributed by atoms with Gasteiger partial charge >= 0.3 is 0 Å². The zero-order valence-corrected chi connectivity index (χ0v) is 13.5. The zero-order valence-electron chi connectivity index (χ0n) is 13.5. The molecular formula is C16H29NO4. The number of hydrogen-bond donors (Lipinski definition) is 1. The van der Waals surface area contributed by atoms with Crippen LogP contribution >= 0.6 is 0 Å². The summed E-state index contributed by atoms with van der Waals surface area (Å²) in [7, 11) is 1.64. The Morgan fingerprint density at radius 1 is 1.43 bits per heavy atom.